The van der Waals surface area contributed by atoms with Gasteiger partial charge in [0, 0.05) is 48.9 Å². The molecule has 0 aliphatic carbocycles. The number of aryl methyl sites for hydroxylation is 1. The average molecular weight is 937 g/mol. The molecule has 0 spiro atoms. The first-order valence-electron chi connectivity index (χ1n) is 34.6. The van der Waals surface area contributed by atoms with Crippen molar-refractivity contribution in [3.63, 3.8) is 0 Å². The van der Waals surface area contributed by atoms with Crippen molar-refractivity contribution >= 4 is 11.0 Å². The van der Waals surface area contributed by atoms with E-state index in [1.807, 2.05) is 85.7 Å². The molecule has 0 saturated heterocycles. The van der Waals surface area contributed by atoms with Crippen LogP contribution in [-0.4, -0.2) is 19.6 Å². The monoisotopic (exact) mass is 937 g/mol. The van der Waals surface area contributed by atoms with Crippen LogP contribution in [0.25, 0.3) is 72.7 Å². The van der Waals surface area contributed by atoms with Gasteiger partial charge in [-0.25, -0.2) is 4.98 Å². The van der Waals surface area contributed by atoms with Crippen molar-refractivity contribution in [2.45, 2.75) is 151 Å². The number of nitrogens with zero attached hydrogens (tertiary/aromatic N) is 3. The van der Waals surface area contributed by atoms with E-state index in [2.05, 4.69) is 4.98 Å². The maximum atomic E-state index is 12.9. The molecule has 69 heavy (non-hydrogen) atoms. The number of imidazole rings is 1. The molecular formula is C65H75N3O. The van der Waals surface area contributed by atoms with E-state index in [9.17, 15) is 12.0 Å². The minimum atomic E-state index is -3.88. The lowest BCUT2D eigenvalue weighted by molar-refractivity contribution is 0.446. The van der Waals surface area contributed by atoms with E-state index < -0.39 is 115 Å². The van der Waals surface area contributed by atoms with Crippen molar-refractivity contribution in [1.82, 2.24) is 14.5 Å². The Hall–Kier alpha value is -6.26. The van der Waals surface area contributed by atoms with Gasteiger partial charge in [-0.3, -0.25) is 9.55 Å². The Morgan fingerprint density at radius 2 is 1.25 bits per heavy atom. The molecule has 0 radical (unpaired) electrons. The van der Waals surface area contributed by atoms with Crippen LogP contribution in [0.15, 0.2) is 127 Å². The van der Waals surface area contributed by atoms with Crippen molar-refractivity contribution in [1.29, 1.82) is 0 Å². The van der Waals surface area contributed by atoms with Gasteiger partial charge in [-0.15, -0.1) is 0 Å². The molecule has 0 atom stereocenters. The molecule has 0 amide bonds. The fourth-order valence-electron chi connectivity index (χ4n) is 8.48. The van der Waals surface area contributed by atoms with Gasteiger partial charge in [-0.1, -0.05) is 183 Å². The zero-order valence-electron chi connectivity index (χ0n) is 64.2. The van der Waals surface area contributed by atoms with E-state index in [0.29, 0.717) is 44.5 Å². The normalized spacial score (nSPS) is 18.9. The van der Waals surface area contributed by atoms with Crippen LogP contribution in [-0.2, 0) is 21.7 Å². The van der Waals surface area contributed by atoms with E-state index in [1.54, 1.807) is 66.9 Å². The van der Waals surface area contributed by atoms with Gasteiger partial charge in [0.25, 0.3) is 0 Å². The molecule has 0 saturated carbocycles. The highest BCUT2D eigenvalue weighted by molar-refractivity contribution is 5.97. The molecule has 2 heterocycles. The van der Waals surface area contributed by atoms with E-state index >= 15 is 0 Å². The Morgan fingerprint density at radius 1 is 0.580 bits per heavy atom. The van der Waals surface area contributed by atoms with Crippen LogP contribution in [0.5, 0.6) is 5.75 Å². The fourth-order valence-corrected chi connectivity index (χ4v) is 8.48. The average Bonchev–Trinajstić information content (AvgIpc) is 0.753. The Balaban J connectivity index is 1.48. The third-order valence-electron chi connectivity index (χ3n) is 12.7. The first-order chi connectivity index (χ1) is 41.6. The smallest absolute Gasteiger partial charge is 0.149 e. The third-order valence-corrected chi connectivity index (χ3v) is 12.7. The number of fused-ring (bicyclic) bond motifs is 1. The largest absolute Gasteiger partial charge is 0.507 e. The summed E-state index contributed by atoms with van der Waals surface area (Å²) in [6.45, 7) is -0.957. The van der Waals surface area contributed by atoms with Gasteiger partial charge in [-0.2, -0.15) is 0 Å². The number of aromatic nitrogens is 3. The third kappa shape index (κ3) is 9.96. The first kappa shape index (κ1) is 27.8. The minimum Gasteiger partial charge on any atom is -0.507 e. The van der Waals surface area contributed by atoms with Gasteiger partial charge < -0.3 is 5.11 Å². The Labute approximate surface area is 446 Å². The van der Waals surface area contributed by atoms with Crippen molar-refractivity contribution in [3.05, 3.63) is 166 Å². The second-order valence-electron chi connectivity index (χ2n) is 20.9. The molecular weight excluding hydrogens is 839 g/mol. The van der Waals surface area contributed by atoms with E-state index in [4.69, 9.17) is 29.7 Å². The zero-order valence-corrected chi connectivity index (χ0v) is 41.2. The highest BCUT2D eigenvalue weighted by atomic mass is 16.3. The van der Waals surface area contributed by atoms with Crippen molar-refractivity contribution in [2.24, 2.45) is 0 Å². The Kier molecular flexibility index (Phi) is 7.22. The van der Waals surface area contributed by atoms with Crippen LogP contribution in [0, 0.1) is 6.85 Å². The molecule has 0 fully saturated rings. The molecule has 8 aromatic rings. The van der Waals surface area contributed by atoms with Gasteiger partial charge in [0.05, 0.1) is 33.5 Å². The minimum absolute atomic E-state index is 0.0168. The SMILES string of the molecule is [2H]c1c([2H])c(C(C([2H])([2H])[2H])(C([2H])([2H])[2H])C([2H])([2H])[2H])c([2H])c([2H])c1-c1ccnc(-c2cc(-c3cccc4c3nc(-c3cc(C(C)(C)C)cc(C(C)(C([2H])([2H])[2H])C([2H])([2H])[2H])c3O)n4-c3ccc(-c4cc(C(C)C)cc(C([2H])(C)C)c4)cc3C([2H])([2H])[2H])cc(C(C)(C)C)c2)c1. The number of phenols is 1. The number of hydrogen-bond donors (Lipinski definition) is 1. The Morgan fingerprint density at radius 3 is 1.90 bits per heavy atom. The summed E-state index contributed by atoms with van der Waals surface area (Å²) in [6, 6.07) is 23.0. The summed E-state index contributed by atoms with van der Waals surface area (Å²) in [7, 11) is 0. The Bertz CT molecular complexity index is 4120. The molecule has 0 aliphatic heterocycles. The summed E-state index contributed by atoms with van der Waals surface area (Å²) in [6.07, 6.45) is 1.33. The molecule has 0 unspecified atom stereocenters. The van der Waals surface area contributed by atoms with E-state index in [-0.39, 0.29) is 45.3 Å². The number of aromatic hydroxyl groups is 1. The van der Waals surface area contributed by atoms with Crippen LogP contribution < -0.4 is 0 Å². The lowest BCUT2D eigenvalue weighted by Crippen LogP contribution is -2.17. The molecule has 1 N–H and O–H groups in total. The highest BCUT2D eigenvalue weighted by Crippen LogP contribution is 2.46. The topological polar surface area (TPSA) is 50.9 Å². The van der Waals surface area contributed by atoms with Gasteiger partial charge in [-0.05, 0) is 150 Å². The van der Waals surface area contributed by atoms with Crippen LogP contribution in [0.4, 0.5) is 0 Å². The fraction of sp³-hybridized carbons (Fsp3) is 0.354. The van der Waals surface area contributed by atoms with Gasteiger partial charge >= 0.3 is 0 Å². The van der Waals surface area contributed by atoms with Gasteiger partial charge in [0.2, 0.25) is 0 Å². The molecule has 8 rings (SSSR count). The standard InChI is InChI=1S/C65H75N3O/c1-39(2)45-30-46(40(3)4)32-47(31-45)43-23-26-57(41(5)29-43)68-58-20-18-19-53(59(58)67-61(68)54-37-52(64(12,13)14)38-55(60(54)69)65(15,16)17)48-33-49(35-51(34-48)63(9,10)11)56-36-44(27-28-66-56)42-21-24-50(25-22-42)62(6,7)8/h18-40,69H,1-17H3/i5D3,6D3,7D3,8D3,15D3,16D3,21D,22D,24D,25D,39D. The summed E-state index contributed by atoms with van der Waals surface area (Å²) in [5, 5.41) is 12.9. The quantitative estimate of drug-likeness (QED) is 0.165. The zero-order chi connectivity index (χ0) is 69.5. The lowest BCUT2D eigenvalue weighted by atomic mass is 9.79. The van der Waals surface area contributed by atoms with Crippen LogP contribution >= 0.6 is 0 Å². The van der Waals surface area contributed by atoms with E-state index in [1.165, 1.54) is 24.4 Å². The number of pyridine rings is 1. The highest BCUT2D eigenvalue weighted by Gasteiger charge is 2.29. The predicted octanol–water partition coefficient (Wildman–Crippen LogP) is 18.2. The van der Waals surface area contributed by atoms with Gasteiger partial charge in [0.1, 0.15) is 11.6 Å². The first-order valence-corrected chi connectivity index (χ1v) is 23.1. The summed E-state index contributed by atoms with van der Waals surface area (Å²) in [5.41, 5.74) is -4.23. The summed E-state index contributed by atoms with van der Waals surface area (Å²) in [4.78, 5) is 9.99. The number of hydrogen-bond acceptors (Lipinski definition) is 3. The second kappa shape index (κ2) is 17.9. The molecule has 4 nitrogen and oxygen atoms in total. The van der Waals surface area contributed by atoms with Crippen LogP contribution in [0.2, 0.25) is 0 Å². The second-order valence-corrected chi connectivity index (χ2v) is 20.9. The molecule has 6 aromatic carbocycles. The number of phenolic OH excluding ortho intramolecular Hbond substituents is 1. The lowest BCUT2D eigenvalue weighted by Gasteiger charge is -2.27. The molecule has 2 aromatic heterocycles. The van der Waals surface area contributed by atoms with Crippen molar-refractivity contribution in [3.8, 4) is 67.5 Å². The van der Waals surface area contributed by atoms with Gasteiger partial charge in [0.15, 0.2) is 0 Å². The number of para-hydroxylation sites is 1. The molecule has 4 heteroatoms. The maximum Gasteiger partial charge on any atom is 0.149 e. The molecule has 0 aliphatic rings. The predicted molar refractivity (Wildman–Crippen MR) is 295 cm³/mol. The van der Waals surface area contributed by atoms with Crippen LogP contribution in [0.1, 0.15) is 193 Å². The van der Waals surface area contributed by atoms with E-state index in [0.717, 1.165) is 18.1 Å². The van der Waals surface area contributed by atoms with Crippen LogP contribution in [0.3, 0.4) is 0 Å². The van der Waals surface area contributed by atoms with Crippen molar-refractivity contribution in [2.75, 3.05) is 0 Å². The molecule has 0 bridgehead atoms. The van der Waals surface area contributed by atoms with Crippen molar-refractivity contribution < 1.29 is 36.6 Å². The summed E-state index contributed by atoms with van der Waals surface area (Å²) in [5.74, 6) is -1.79. The molecule has 356 valence electrons. The number of benzene rings is 6. The summed E-state index contributed by atoms with van der Waals surface area (Å²) >= 11 is 0. The number of rotatable bonds is 8. The summed E-state index contributed by atoms with van der Waals surface area (Å²) < 4.78 is 202. The maximum absolute atomic E-state index is 12.9.